The number of benzene rings is 2. The zero-order valence-electron chi connectivity index (χ0n) is 19.0. The molecule has 1 aliphatic rings. The van der Waals surface area contributed by atoms with Crippen LogP contribution in [0.1, 0.15) is 74.2 Å². The molecule has 0 saturated carbocycles. The Morgan fingerprint density at radius 2 is 1.63 bits per heavy atom. The van der Waals surface area contributed by atoms with Gasteiger partial charge in [-0.05, 0) is 40.7 Å². The number of phenolic OH excluding ortho intramolecular Hbond substituents is 1. The van der Waals surface area contributed by atoms with E-state index in [2.05, 4.69) is 0 Å². The highest BCUT2D eigenvalue weighted by molar-refractivity contribution is 6.05. The molecule has 0 aliphatic carbocycles. The lowest BCUT2D eigenvalue weighted by Crippen LogP contribution is -2.30. The molecule has 5 heteroatoms. The van der Waals surface area contributed by atoms with Crippen molar-refractivity contribution in [3.63, 3.8) is 0 Å². The number of phenols is 1. The number of fused-ring (bicyclic) bond motifs is 1. The molecule has 2 aromatic rings. The fourth-order valence-electron chi connectivity index (χ4n) is 3.83. The van der Waals surface area contributed by atoms with Gasteiger partial charge in [-0.15, -0.1) is 0 Å². The maximum absolute atomic E-state index is 13.2. The molecule has 0 aromatic heterocycles. The molecule has 2 aromatic carbocycles. The third-order valence-corrected chi connectivity index (χ3v) is 5.63. The van der Waals surface area contributed by atoms with Crippen LogP contribution in [0.2, 0.25) is 0 Å². The average Bonchev–Trinajstić information content (AvgIpc) is 2.95. The van der Waals surface area contributed by atoms with Gasteiger partial charge in [-0.3, -0.25) is 10.2 Å². The minimum Gasteiger partial charge on any atom is -0.507 e. The lowest BCUT2D eigenvalue weighted by atomic mass is 9.78. The summed E-state index contributed by atoms with van der Waals surface area (Å²) in [4.78, 5) is 15.0. The maximum Gasteiger partial charge on any atom is 0.182 e. The fraction of sp³-hybridized carbons (Fsp3) is 0.440. The smallest absolute Gasteiger partial charge is 0.182 e. The number of nitrogens with zero attached hydrogens (tertiary/aromatic N) is 1. The number of rotatable bonds is 4. The molecular weight excluding hydrogens is 376 g/mol. The predicted molar refractivity (Wildman–Crippen MR) is 120 cm³/mol. The van der Waals surface area contributed by atoms with Gasteiger partial charge in [0.1, 0.15) is 17.3 Å². The summed E-state index contributed by atoms with van der Waals surface area (Å²) in [6.45, 7) is 12.8. The summed E-state index contributed by atoms with van der Waals surface area (Å²) in [6, 6.07) is 9.29. The number of ketones is 1. The molecule has 0 radical (unpaired) electrons. The third kappa shape index (κ3) is 4.07. The molecule has 1 aliphatic heterocycles. The number of hydrogen-bond acceptors (Lipinski definition) is 4. The number of hydrogen-bond donors (Lipinski definition) is 2. The minimum absolute atomic E-state index is 0.0597. The van der Waals surface area contributed by atoms with Crippen LogP contribution in [0.5, 0.6) is 11.5 Å². The van der Waals surface area contributed by atoms with Gasteiger partial charge in [-0.1, -0.05) is 47.6 Å². The van der Waals surface area contributed by atoms with Crippen LogP contribution in [0.3, 0.4) is 0 Å². The second kappa shape index (κ2) is 7.46. The first-order valence-corrected chi connectivity index (χ1v) is 10.2. The Bertz CT molecular complexity index is 975. The SMILES string of the molecule is COc1ccc2c(c1)C(=N)N(CC(=O)c1cc(C(C)(C)C)c(O)c(C(C)(C)C)c1)C2. The van der Waals surface area contributed by atoms with Gasteiger partial charge in [0.25, 0.3) is 0 Å². The second-order valence-electron chi connectivity index (χ2n) is 10.1. The van der Waals surface area contributed by atoms with Crippen molar-refractivity contribution in [1.29, 1.82) is 5.41 Å². The molecule has 0 bridgehead atoms. The Hall–Kier alpha value is -2.82. The van der Waals surface area contributed by atoms with Crippen molar-refractivity contribution in [1.82, 2.24) is 4.90 Å². The number of carbonyl (C=O) groups excluding carboxylic acids is 1. The highest BCUT2D eigenvalue weighted by atomic mass is 16.5. The summed E-state index contributed by atoms with van der Waals surface area (Å²) in [6.07, 6.45) is 0. The Balaban J connectivity index is 1.93. The first kappa shape index (κ1) is 21.9. The molecule has 30 heavy (non-hydrogen) atoms. The molecule has 1 heterocycles. The number of methoxy groups -OCH3 is 1. The Kier molecular flexibility index (Phi) is 5.44. The van der Waals surface area contributed by atoms with Crippen LogP contribution in [-0.4, -0.2) is 35.3 Å². The summed E-state index contributed by atoms with van der Waals surface area (Å²) >= 11 is 0. The predicted octanol–water partition coefficient (Wildman–Crippen LogP) is 5.02. The zero-order valence-corrected chi connectivity index (χ0v) is 19.0. The van der Waals surface area contributed by atoms with E-state index < -0.39 is 0 Å². The van der Waals surface area contributed by atoms with E-state index in [-0.39, 0.29) is 28.9 Å². The fourth-order valence-corrected chi connectivity index (χ4v) is 3.83. The Labute approximate surface area is 179 Å². The van der Waals surface area contributed by atoms with E-state index >= 15 is 0 Å². The standard InChI is InChI=1S/C25H32N2O3/c1-24(2,3)19-10-16(11-20(22(19)29)25(4,5)6)21(28)14-27-13-15-8-9-17(30-7)12-18(15)23(27)26/h8-12,26,29H,13-14H2,1-7H3. The number of Topliss-reactive ketones (excluding diaryl/α,β-unsaturated/α-hetero) is 1. The number of nitrogens with one attached hydrogen (secondary N) is 1. The first-order chi connectivity index (χ1) is 13.8. The molecule has 3 rings (SSSR count). The topological polar surface area (TPSA) is 73.6 Å². The van der Waals surface area contributed by atoms with Crippen LogP contribution >= 0.6 is 0 Å². The number of ether oxygens (including phenoxy) is 1. The van der Waals surface area contributed by atoms with Crippen LogP contribution in [0.4, 0.5) is 0 Å². The van der Waals surface area contributed by atoms with Gasteiger partial charge in [0.15, 0.2) is 5.78 Å². The van der Waals surface area contributed by atoms with Crippen LogP contribution in [0.15, 0.2) is 30.3 Å². The van der Waals surface area contributed by atoms with Gasteiger partial charge in [0.2, 0.25) is 0 Å². The molecular formula is C25H32N2O3. The van der Waals surface area contributed by atoms with Crippen LogP contribution < -0.4 is 4.74 Å². The molecule has 0 spiro atoms. The van der Waals surface area contributed by atoms with Gasteiger partial charge in [0, 0.05) is 28.8 Å². The third-order valence-electron chi connectivity index (χ3n) is 5.63. The quantitative estimate of drug-likeness (QED) is 0.697. The van der Waals surface area contributed by atoms with Crippen molar-refractivity contribution in [2.75, 3.05) is 13.7 Å². The summed E-state index contributed by atoms with van der Waals surface area (Å²) < 4.78 is 5.27. The first-order valence-electron chi connectivity index (χ1n) is 10.2. The van der Waals surface area contributed by atoms with E-state index in [9.17, 15) is 9.90 Å². The van der Waals surface area contributed by atoms with Crippen LogP contribution in [-0.2, 0) is 17.4 Å². The number of carbonyl (C=O) groups is 1. The Morgan fingerprint density at radius 1 is 1.07 bits per heavy atom. The van der Waals surface area contributed by atoms with Crippen LogP contribution in [0, 0.1) is 5.41 Å². The van der Waals surface area contributed by atoms with Crippen molar-refractivity contribution in [3.05, 3.63) is 58.1 Å². The van der Waals surface area contributed by atoms with Gasteiger partial charge < -0.3 is 14.7 Å². The molecule has 2 N–H and O–H groups in total. The van der Waals surface area contributed by atoms with Gasteiger partial charge >= 0.3 is 0 Å². The lowest BCUT2D eigenvalue weighted by molar-refractivity contribution is 0.0962. The monoisotopic (exact) mass is 408 g/mol. The van der Waals surface area contributed by atoms with Crippen molar-refractivity contribution in [2.45, 2.75) is 58.9 Å². The van der Waals surface area contributed by atoms with Crippen molar-refractivity contribution >= 4 is 11.6 Å². The van der Waals surface area contributed by atoms with Gasteiger partial charge in [-0.25, -0.2) is 0 Å². The molecule has 160 valence electrons. The molecule has 0 saturated heterocycles. The molecule has 0 atom stereocenters. The van der Waals surface area contributed by atoms with E-state index in [4.69, 9.17) is 10.1 Å². The zero-order chi connectivity index (χ0) is 22.4. The average molecular weight is 409 g/mol. The van der Waals surface area contributed by atoms with E-state index in [1.807, 2.05) is 71.9 Å². The Morgan fingerprint density at radius 3 is 2.13 bits per heavy atom. The van der Waals surface area contributed by atoms with E-state index in [1.165, 1.54) is 0 Å². The molecule has 5 nitrogen and oxygen atoms in total. The largest absolute Gasteiger partial charge is 0.507 e. The highest BCUT2D eigenvalue weighted by Crippen LogP contribution is 2.40. The second-order valence-corrected chi connectivity index (χ2v) is 10.1. The minimum atomic E-state index is -0.298. The van der Waals surface area contributed by atoms with E-state index in [0.29, 0.717) is 23.7 Å². The summed E-state index contributed by atoms with van der Waals surface area (Å²) in [7, 11) is 1.60. The summed E-state index contributed by atoms with van der Waals surface area (Å²) in [5.74, 6) is 1.24. The van der Waals surface area contributed by atoms with Crippen LogP contribution in [0.25, 0.3) is 0 Å². The molecule has 0 fully saturated rings. The summed E-state index contributed by atoms with van der Waals surface area (Å²) in [5, 5.41) is 19.4. The van der Waals surface area contributed by atoms with Gasteiger partial charge in [0.05, 0.1) is 13.7 Å². The molecule has 0 unspecified atom stereocenters. The maximum atomic E-state index is 13.2. The van der Waals surface area contributed by atoms with E-state index in [1.54, 1.807) is 12.0 Å². The lowest BCUT2D eigenvalue weighted by Gasteiger charge is -2.28. The number of amidine groups is 1. The van der Waals surface area contributed by atoms with E-state index in [0.717, 1.165) is 22.3 Å². The number of aromatic hydroxyl groups is 1. The van der Waals surface area contributed by atoms with Crippen molar-refractivity contribution < 1.29 is 14.6 Å². The normalized spacial score (nSPS) is 14.1. The van der Waals surface area contributed by atoms with Crippen molar-refractivity contribution in [3.8, 4) is 11.5 Å². The summed E-state index contributed by atoms with van der Waals surface area (Å²) in [5.41, 5.74) is 3.33. The highest BCUT2D eigenvalue weighted by Gasteiger charge is 2.30. The molecule has 0 amide bonds. The van der Waals surface area contributed by atoms with Gasteiger partial charge in [-0.2, -0.15) is 0 Å². The van der Waals surface area contributed by atoms with Crippen molar-refractivity contribution in [2.24, 2.45) is 0 Å².